The van der Waals surface area contributed by atoms with Crippen molar-refractivity contribution >= 4 is 11.7 Å². The molecule has 2 heterocycles. The zero-order valence-electron chi connectivity index (χ0n) is 16.7. The standard InChI is InChI=1S/C21H29N5O2/c1-25(15-18-7-5-13-26(18)20-9-4-11-23-24-20)16-21(27)22-12-10-17-6-3-8-19(14-17)28-2/h3-4,6,8-9,11,14,18H,5,7,10,12-13,15-16H2,1-2H3,(H,22,27). The van der Waals surface area contributed by atoms with Gasteiger partial charge in [-0.15, -0.1) is 5.10 Å². The maximum Gasteiger partial charge on any atom is 0.234 e. The lowest BCUT2D eigenvalue weighted by atomic mass is 10.1. The SMILES string of the molecule is COc1cccc(CCNC(=O)CN(C)CC2CCCN2c2cccnn2)c1. The fourth-order valence-corrected chi connectivity index (χ4v) is 3.67. The van der Waals surface area contributed by atoms with E-state index in [9.17, 15) is 4.79 Å². The smallest absolute Gasteiger partial charge is 0.234 e. The first kappa shape index (κ1) is 20.1. The number of anilines is 1. The minimum Gasteiger partial charge on any atom is -0.497 e. The van der Waals surface area contributed by atoms with Gasteiger partial charge in [-0.25, -0.2) is 0 Å². The van der Waals surface area contributed by atoms with Crippen LogP contribution < -0.4 is 15.0 Å². The molecule has 0 aliphatic carbocycles. The molecule has 1 aromatic carbocycles. The number of benzene rings is 1. The molecular formula is C21H29N5O2. The molecule has 1 aliphatic rings. The van der Waals surface area contributed by atoms with E-state index in [0.717, 1.165) is 49.5 Å². The molecule has 3 rings (SSSR count). The Morgan fingerprint density at radius 2 is 2.25 bits per heavy atom. The Labute approximate surface area is 166 Å². The predicted molar refractivity (Wildman–Crippen MR) is 110 cm³/mol. The summed E-state index contributed by atoms with van der Waals surface area (Å²) in [5.41, 5.74) is 1.15. The molecule has 1 atom stereocenters. The topological polar surface area (TPSA) is 70.6 Å². The van der Waals surface area contributed by atoms with Crippen molar-refractivity contribution in [2.45, 2.75) is 25.3 Å². The Morgan fingerprint density at radius 1 is 1.36 bits per heavy atom. The van der Waals surface area contributed by atoms with Crippen molar-refractivity contribution in [1.29, 1.82) is 0 Å². The third-order valence-electron chi connectivity index (χ3n) is 5.04. The molecule has 28 heavy (non-hydrogen) atoms. The van der Waals surface area contributed by atoms with Crippen molar-refractivity contribution in [1.82, 2.24) is 20.4 Å². The van der Waals surface area contributed by atoms with E-state index in [0.29, 0.717) is 19.1 Å². The van der Waals surface area contributed by atoms with E-state index in [-0.39, 0.29) is 5.91 Å². The van der Waals surface area contributed by atoms with Gasteiger partial charge >= 0.3 is 0 Å². The van der Waals surface area contributed by atoms with Gasteiger partial charge in [-0.1, -0.05) is 12.1 Å². The molecule has 1 unspecified atom stereocenters. The summed E-state index contributed by atoms with van der Waals surface area (Å²) in [7, 11) is 3.65. The molecule has 1 amide bonds. The molecule has 0 saturated carbocycles. The van der Waals surface area contributed by atoms with Crippen LogP contribution in [-0.2, 0) is 11.2 Å². The number of methoxy groups -OCH3 is 1. The van der Waals surface area contributed by atoms with Crippen molar-refractivity contribution in [2.75, 3.05) is 45.2 Å². The first-order valence-corrected chi connectivity index (χ1v) is 9.78. The number of likely N-dealkylation sites (N-methyl/N-ethyl adjacent to an activating group) is 1. The van der Waals surface area contributed by atoms with E-state index in [1.165, 1.54) is 0 Å². The van der Waals surface area contributed by atoms with Crippen LogP contribution in [-0.4, -0.2) is 67.4 Å². The van der Waals surface area contributed by atoms with Crippen molar-refractivity contribution in [2.24, 2.45) is 0 Å². The van der Waals surface area contributed by atoms with Crippen molar-refractivity contribution in [3.8, 4) is 5.75 Å². The summed E-state index contributed by atoms with van der Waals surface area (Å²) in [6.07, 6.45) is 4.73. The molecule has 0 radical (unpaired) electrons. The van der Waals surface area contributed by atoms with Crippen LogP contribution in [0, 0.1) is 0 Å². The summed E-state index contributed by atoms with van der Waals surface area (Å²) in [6, 6.07) is 12.2. The number of carbonyl (C=O) groups is 1. The summed E-state index contributed by atoms with van der Waals surface area (Å²) in [6.45, 7) is 2.84. The monoisotopic (exact) mass is 383 g/mol. The minimum absolute atomic E-state index is 0.0504. The number of nitrogens with zero attached hydrogens (tertiary/aromatic N) is 4. The molecule has 1 N–H and O–H groups in total. The molecule has 0 bridgehead atoms. The van der Waals surface area contributed by atoms with Crippen LogP contribution >= 0.6 is 0 Å². The number of hydrogen-bond acceptors (Lipinski definition) is 6. The number of hydrogen-bond donors (Lipinski definition) is 1. The molecule has 2 aromatic rings. The van der Waals surface area contributed by atoms with Crippen LogP contribution in [0.3, 0.4) is 0 Å². The van der Waals surface area contributed by atoms with Crippen LogP contribution in [0.2, 0.25) is 0 Å². The number of carbonyl (C=O) groups excluding carboxylic acids is 1. The highest BCUT2D eigenvalue weighted by Crippen LogP contribution is 2.23. The maximum atomic E-state index is 12.3. The van der Waals surface area contributed by atoms with Gasteiger partial charge < -0.3 is 15.0 Å². The van der Waals surface area contributed by atoms with E-state index in [2.05, 4.69) is 25.3 Å². The van der Waals surface area contributed by atoms with Gasteiger partial charge in [-0.05, 0) is 56.1 Å². The highest BCUT2D eigenvalue weighted by molar-refractivity contribution is 5.78. The zero-order chi connectivity index (χ0) is 19.8. The third-order valence-corrected chi connectivity index (χ3v) is 5.04. The minimum atomic E-state index is 0.0504. The highest BCUT2D eigenvalue weighted by atomic mass is 16.5. The molecule has 1 aliphatic heterocycles. The molecule has 7 nitrogen and oxygen atoms in total. The number of amides is 1. The Kier molecular flexibility index (Phi) is 7.19. The Balaban J connectivity index is 1.41. The van der Waals surface area contributed by atoms with Gasteiger partial charge in [-0.3, -0.25) is 9.69 Å². The van der Waals surface area contributed by atoms with Crippen LogP contribution in [0.15, 0.2) is 42.6 Å². The summed E-state index contributed by atoms with van der Waals surface area (Å²) in [5.74, 6) is 1.81. The highest BCUT2D eigenvalue weighted by Gasteiger charge is 2.27. The summed E-state index contributed by atoms with van der Waals surface area (Å²) < 4.78 is 5.23. The van der Waals surface area contributed by atoms with E-state index in [4.69, 9.17) is 4.74 Å². The normalized spacial score (nSPS) is 16.4. The Hall–Kier alpha value is -2.67. The van der Waals surface area contributed by atoms with Gasteiger partial charge in [-0.2, -0.15) is 5.10 Å². The van der Waals surface area contributed by atoms with E-state index in [1.807, 2.05) is 43.4 Å². The first-order chi connectivity index (χ1) is 13.7. The van der Waals surface area contributed by atoms with E-state index < -0.39 is 0 Å². The van der Waals surface area contributed by atoms with Gasteiger partial charge in [0.25, 0.3) is 0 Å². The largest absolute Gasteiger partial charge is 0.497 e. The average molecular weight is 383 g/mol. The Morgan fingerprint density at radius 3 is 3.04 bits per heavy atom. The fourth-order valence-electron chi connectivity index (χ4n) is 3.67. The second-order valence-corrected chi connectivity index (χ2v) is 7.22. The molecule has 0 spiro atoms. The third kappa shape index (κ3) is 5.66. The van der Waals surface area contributed by atoms with E-state index >= 15 is 0 Å². The van der Waals surface area contributed by atoms with Crippen LogP contribution in [0.25, 0.3) is 0 Å². The summed E-state index contributed by atoms with van der Waals surface area (Å²) in [5, 5.41) is 11.2. The van der Waals surface area contributed by atoms with Gasteiger partial charge in [0.05, 0.1) is 13.7 Å². The van der Waals surface area contributed by atoms with Crippen LogP contribution in [0.4, 0.5) is 5.82 Å². The summed E-state index contributed by atoms with van der Waals surface area (Å²) >= 11 is 0. The summed E-state index contributed by atoms with van der Waals surface area (Å²) in [4.78, 5) is 16.7. The molecule has 1 aromatic heterocycles. The predicted octanol–water partition coefficient (Wildman–Crippen LogP) is 1.74. The van der Waals surface area contributed by atoms with Crippen LogP contribution in [0.5, 0.6) is 5.75 Å². The quantitative estimate of drug-likeness (QED) is 0.711. The number of aromatic nitrogens is 2. The van der Waals surface area contributed by atoms with Gasteiger partial charge in [0, 0.05) is 31.9 Å². The second kappa shape index (κ2) is 10.0. The first-order valence-electron chi connectivity index (χ1n) is 9.78. The number of ether oxygens (including phenoxy) is 1. The second-order valence-electron chi connectivity index (χ2n) is 7.22. The fraction of sp³-hybridized carbons (Fsp3) is 0.476. The van der Waals surface area contributed by atoms with Crippen molar-refractivity contribution in [3.05, 3.63) is 48.2 Å². The lowest BCUT2D eigenvalue weighted by molar-refractivity contribution is -0.121. The molecular weight excluding hydrogens is 354 g/mol. The van der Waals surface area contributed by atoms with Gasteiger partial charge in [0.1, 0.15) is 5.75 Å². The van der Waals surface area contributed by atoms with Crippen molar-refractivity contribution in [3.63, 3.8) is 0 Å². The molecule has 1 saturated heterocycles. The maximum absolute atomic E-state index is 12.3. The van der Waals surface area contributed by atoms with Crippen LogP contribution in [0.1, 0.15) is 18.4 Å². The van der Waals surface area contributed by atoms with Crippen molar-refractivity contribution < 1.29 is 9.53 Å². The molecule has 1 fully saturated rings. The van der Waals surface area contributed by atoms with Gasteiger partial charge in [0.2, 0.25) is 5.91 Å². The lowest BCUT2D eigenvalue weighted by Gasteiger charge is -2.28. The number of nitrogens with one attached hydrogen (secondary N) is 1. The Bertz CT molecular complexity index is 755. The van der Waals surface area contributed by atoms with E-state index in [1.54, 1.807) is 13.3 Å². The lowest BCUT2D eigenvalue weighted by Crippen LogP contribution is -2.43. The zero-order valence-corrected chi connectivity index (χ0v) is 16.7. The average Bonchev–Trinajstić information content (AvgIpc) is 3.16. The number of rotatable bonds is 9. The van der Waals surface area contributed by atoms with Gasteiger partial charge in [0.15, 0.2) is 5.82 Å². The molecule has 150 valence electrons. The molecule has 7 heteroatoms.